The molecule has 1 aromatic carbocycles. The van der Waals surface area contributed by atoms with Gasteiger partial charge in [-0.2, -0.15) is 0 Å². The number of para-hydroxylation sites is 1. The highest BCUT2D eigenvalue weighted by Crippen LogP contribution is 2.15. The highest BCUT2D eigenvalue weighted by Gasteiger charge is 2.30. The number of nitrogens with one attached hydrogen (secondary N) is 2. The summed E-state index contributed by atoms with van der Waals surface area (Å²) in [7, 11) is 0. The van der Waals surface area contributed by atoms with E-state index >= 15 is 0 Å². The van der Waals surface area contributed by atoms with Gasteiger partial charge in [-0.3, -0.25) is 4.79 Å². The minimum absolute atomic E-state index is 0.0218. The second-order valence-electron chi connectivity index (χ2n) is 4.68. The van der Waals surface area contributed by atoms with E-state index in [0.29, 0.717) is 18.8 Å². The first-order valence-corrected chi connectivity index (χ1v) is 6.06. The standard InChI is InChI=1S/C13H14N4O2/c14-13(19)17-6-9(7-17)15-12(18)11-5-8-3-1-2-4-10(8)16-11/h1-5,9,16H,6-7H2,(H2,14,19)(H,15,18). The smallest absolute Gasteiger partial charge is 0.314 e. The Kier molecular flexibility index (Phi) is 2.63. The number of likely N-dealkylation sites (tertiary alicyclic amines) is 1. The van der Waals surface area contributed by atoms with Gasteiger partial charge in [-0.15, -0.1) is 0 Å². The Labute approximate surface area is 109 Å². The Bertz CT molecular complexity index is 610. The van der Waals surface area contributed by atoms with Crippen LogP contribution in [0.2, 0.25) is 0 Å². The van der Waals surface area contributed by atoms with Gasteiger partial charge in [-0.05, 0) is 12.1 Å². The molecule has 0 spiro atoms. The predicted octanol–water partition coefficient (Wildman–Crippen LogP) is 0.661. The Hall–Kier alpha value is -2.50. The van der Waals surface area contributed by atoms with Gasteiger partial charge in [0.1, 0.15) is 5.69 Å². The second kappa shape index (κ2) is 4.31. The quantitative estimate of drug-likeness (QED) is 0.738. The lowest BCUT2D eigenvalue weighted by Crippen LogP contribution is -2.62. The van der Waals surface area contributed by atoms with Gasteiger partial charge in [-0.1, -0.05) is 18.2 Å². The number of hydrogen-bond acceptors (Lipinski definition) is 2. The molecular formula is C13H14N4O2. The summed E-state index contributed by atoms with van der Waals surface area (Å²) in [6.07, 6.45) is 0. The van der Waals surface area contributed by atoms with E-state index in [9.17, 15) is 9.59 Å². The van der Waals surface area contributed by atoms with E-state index in [-0.39, 0.29) is 11.9 Å². The van der Waals surface area contributed by atoms with Crippen LogP contribution in [0.4, 0.5) is 4.79 Å². The van der Waals surface area contributed by atoms with Crippen LogP contribution in [0.3, 0.4) is 0 Å². The average molecular weight is 258 g/mol. The van der Waals surface area contributed by atoms with Crippen molar-refractivity contribution in [3.63, 3.8) is 0 Å². The van der Waals surface area contributed by atoms with E-state index in [4.69, 9.17) is 5.73 Å². The number of amides is 3. The zero-order valence-corrected chi connectivity index (χ0v) is 10.2. The van der Waals surface area contributed by atoms with Crippen molar-refractivity contribution < 1.29 is 9.59 Å². The molecule has 3 amide bonds. The van der Waals surface area contributed by atoms with E-state index < -0.39 is 6.03 Å². The van der Waals surface area contributed by atoms with Gasteiger partial charge >= 0.3 is 6.03 Å². The van der Waals surface area contributed by atoms with Crippen LogP contribution in [0.1, 0.15) is 10.5 Å². The third-order valence-corrected chi connectivity index (χ3v) is 3.30. The lowest BCUT2D eigenvalue weighted by Gasteiger charge is -2.38. The summed E-state index contributed by atoms with van der Waals surface area (Å²) >= 11 is 0. The van der Waals surface area contributed by atoms with Crippen LogP contribution in [0.15, 0.2) is 30.3 Å². The van der Waals surface area contributed by atoms with Crippen LogP contribution >= 0.6 is 0 Å². The molecule has 0 aliphatic carbocycles. The van der Waals surface area contributed by atoms with Crippen molar-refractivity contribution in [3.05, 3.63) is 36.0 Å². The van der Waals surface area contributed by atoms with E-state index in [1.165, 1.54) is 4.90 Å². The molecule has 2 aromatic rings. The maximum Gasteiger partial charge on any atom is 0.314 e. The summed E-state index contributed by atoms with van der Waals surface area (Å²) in [5.41, 5.74) is 6.58. The maximum absolute atomic E-state index is 12.0. The molecule has 98 valence electrons. The molecule has 0 bridgehead atoms. The number of primary amides is 1. The van der Waals surface area contributed by atoms with Crippen molar-refractivity contribution in [2.75, 3.05) is 13.1 Å². The number of urea groups is 1. The Morgan fingerprint density at radius 1 is 1.32 bits per heavy atom. The highest BCUT2D eigenvalue weighted by atomic mass is 16.2. The molecule has 4 N–H and O–H groups in total. The Balaban J connectivity index is 1.66. The van der Waals surface area contributed by atoms with Gasteiger partial charge in [0.15, 0.2) is 0 Å². The number of hydrogen-bond donors (Lipinski definition) is 3. The normalized spacial score (nSPS) is 15.3. The van der Waals surface area contributed by atoms with Crippen molar-refractivity contribution in [2.45, 2.75) is 6.04 Å². The van der Waals surface area contributed by atoms with E-state index in [1.807, 2.05) is 30.3 Å². The fraction of sp³-hybridized carbons (Fsp3) is 0.231. The number of H-pyrrole nitrogens is 1. The number of carbonyl (C=O) groups excluding carboxylic acids is 2. The molecule has 19 heavy (non-hydrogen) atoms. The first-order chi connectivity index (χ1) is 9.13. The molecule has 1 aromatic heterocycles. The SMILES string of the molecule is NC(=O)N1CC(NC(=O)c2cc3ccccc3[nH]2)C1. The molecule has 1 aliphatic heterocycles. The molecule has 1 fully saturated rings. The highest BCUT2D eigenvalue weighted by molar-refractivity contribution is 5.98. The summed E-state index contributed by atoms with van der Waals surface area (Å²) in [6.45, 7) is 0.947. The number of aromatic amines is 1. The molecule has 0 unspecified atom stereocenters. The zero-order chi connectivity index (χ0) is 13.4. The zero-order valence-electron chi connectivity index (χ0n) is 10.2. The topological polar surface area (TPSA) is 91.2 Å². The number of benzene rings is 1. The molecule has 1 saturated heterocycles. The van der Waals surface area contributed by atoms with Crippen LogP contribution < -0.4 is 11.1 Å². The molecule has 0 atom stereocenters. The van der Waals surface area contributed by atoms with Gasteiger partial charge in [0, 0.05) is 24.0 Å². The minimum atomic E-state index is -0.448. The number of fused-ring (bicyclic) bond motifs is 1. The minimum Gasteiger partial charge on any atom is -0.351 e. The lowest BCUT2D eigenvalue weighted by atomic mass is 10.1. The molecule has 3 rings (SSSR count). The van der Waals surface area contributed by atoms with E-state index in [0.717, 1.165) is 10.9 Å². The van der Waals surface area contributed by atoms with Gasteiger partial charge in [-0.25, -0.2) is 4.79 Å². The van der Waals surface area contributed by atoms with Crippen LogP contribution in [-0.2, 0) is 0 Å². The average Bonchev–Trinajstić information content (AvgIpc) is 2.76. The van der Waals surface area contributed by atoms with Gasteiger partial charge in [0.05, 0.1) is 6.04 Å². The molecule has 6 heteroatoms. The third kappa shape index (κ3) is 2.12. The first kappa shape index (κ1) is 11.6. The number of carbonyl (C=O) groups is 2. The summed E-state index contributed by atoms with van der Waals surface area (Å²) in [5.74, 6) is -0.162. The molecule has 0 saturated carbocycles. The van der Waals surface area contributed by atoms with Crippen LogP contribution in [0.25, 0.3) is 10.9 Å². The third-order valence-electron chi connectivity index (χ3n) is 3.30. The summed E-state index contributed by atoms with van der Waals surface area (Å²) in [4.78, 5) is 27.4. The molecule has 1 aliphatic rings. The summed E-state index contributed by atoms with van der Waals surface area (Å²) in [6, 6.07) is 9.05. The molecular weight excluding hydrogens is 244 g/mol. The van der Waals surface area contributed by atoms with E-state index in [1.54, 1.807) is 0 Å². The Morgan fingerprint density at radius 2 is 2.05 bits per heavy atom. The molecule has 6 nitrogen and oxygen atoms in total. The van der Waals surface area contributed by atoms with Crippen molar-refractivity contribution in [3.8, 4) is 0 Å². The fourth-order valence-electron chi connectivity index (χ4n) is 2.21. The van der Waals surface area contributed by atoms with Crippen molar-refractivity contribution in [1.29, 1.82) is 0 Å². The predicted molar refractivity (Wildman–Crippen MR) is 70.7 cm³/mol. The second-order valence-corrected chi connectivity index (χ2v) is 4.68. The van der Waals surface area contributed by atoms with Crippen molar-refractivity contribution in [1.82, 2.24) is 15.2 Å². The maximum atomic E-state index is 12.0. The monoisotopic (exact) mass is 258 g/mol. The van der Waals surface area contributed by atoms with Gasteiger partial charge < -0.3 is 20.9 Å². The summed E-state index contributed by atoms with van der Waals surface area (Å²) < 4.78 is 0. The van der Waals surface area contributed by atoms with Crippen LogP contribution in [0, 0.1) is 0 Å². The number of rotatable bonds is 2. The number of nitrogens with zero attached hydrogens (tertiary/aromatic N) is 1. The Morgan fingerprint density at radius 3 is 2.74 bits per heavy atom. The molecule has 2 heterocycles. The first-order valence-electron chi connectivity index (χ1n) is 6.06. The van der Waals surface area contributed by atoms with Gasteiger partial charge in [0.2, 0.25) is 0 Å². The van der Waals surface area contributed by atoms with Crippen LogP contribution in [0.5, 0.6) is 0 Å². The molecule has 0 radical (unpaired) electrons. The van der Waals surface area contributed by atoms with Gasteiger partial charge in [0.25, 0.3) is 5.91 Å². The van der Waals surface area contributed by atoms with Crippen molar-refractivity contribution in [2.24, 2.45) is 5.73 Å². The largest absolute Gasteiger partial charge is 0.351 e. The lowest BCUT2D eigenvalue weighted by molar-refractivity contribution is 0.0857. The number of aromatic nitrogens is 1. The summed E-state index contributed by atoms with van der Waals surface area (Å²) in [5, 5.41) is 3.86. The van der Waals surface area contributed by atoms with E-state index in [2.05, 4.69) is 10.3 Å². The number of nitrogens with two attached hydrogens (primary N) is 1. The fourth-order valence-corrected chi connectivity index (χ4v) is 2.21. The van der Waals surface area contributed by atoms with Crippen molar-refractivity contribution >= 4 is 22.8 Å². The van der Waals surface area contributed by atoms with Crippen LogP contribution in [-0.4, -0.2) is 41.0 Å².